The number of anilines is 4. The second-order valence-electron chi connectivity index (χ2n) is 18.1. The van der Waals surface area contributed by atoms with Crippen LogP contribution in [-0.2, 0) is 24.4 Å². The van der Waals surface area contributed by atoms with Crippen molar-refractivity contribution in [3.63, 3.8) is 0 Å². The van der Waals surface area contributed by atoms with Crippen molar-refractivity contribution < 1.29 is 19.0 Å². The van der Waals surface area contributed by atoms with Gasteiger partial charge in [0.15, 0.2) is 11.6 Å². The molecular weight excluding hydrogens is 833 g/mol. The highest BCUT2D eigenvalue weighted by atomic mass is 16.6. The maximum atomic E-state index is 12.5. The molecule has 0 atom stereocenters. The molecular formula is C50H66N12O4. The topological polar surface area (TPSA) is 166 Å². The number of hydrogen-bond acceptors (Lipinski definition) is 13. The summed E-state index contributed by atoms with van der Waals surface area (Å²) >= 11 is 0. The number of pyridine rings is 2. The molecule has 0 radical (unpaired) electrons. The Kier molecular flexibility index (Phi) is 14.2. The van der Waals surface area contributed by atoms with Crippen LogP contribution in [-0.4, -0.2) is 113 Å². The highest BCUT2D eigenvalue weighted by Crippen LogP contribution is 2.34. The number of nitrogens with two attached hydrogens (primary N) is 1. The molecule has 4 aromatic heterocycles. The smallest absolute Gasteiger partial charge is 0.410 e. The Morgan fingerprint density at radius 2 is 1.32 bits per heavy atom. The summed E-state index contributed by atoms with van der Waals surface area (Å²) in [7, 11) is 3.31. The fourth-order valence-electron chi connectivity index (χ4n) is 8.60. The minimum atomic E-state index is -0.502. The number of aromatic nitrogens is 6. The molecule has 66 heavy (non-hydrogen) atoms. The average Bonchev–Trinajstić information content (AvgIpc) is 3.97. The number of piperazine rings is 2. The molecule has 1 amide bonds. The number of unbranched alkanes of at least 4 members (excludes halogenated alkanes) is 2. The third-order valence-corrected chi connectivity index (χ3v) is 12.2. The lowest BCUT2D eigenvalue weighted by atomic mass is 10.1. The number of nitrogens with one attached hydrogen (secondary N) is 2. The molecule has 4 N–H and O–H groups in total. The Bertz CT molecular complexity index is 2780. The van der Waals surface area contributed by atoms with E-state index in [9.17, 15) is 4.79 Å². The first-order chi connectivity index (χ1) is 31.9. The van der Waals surface area contributed by atoms with Crippen LogP contribution in [0.25, 0.3) is 43.6 Å². The van der Waals surface area contributed by atoms with Gasteiger partial charge < -0.3 is 45.3 Å². The number of carbonyl (C=O) groups excluding carboxylic acids is 1. The normalized spacial score (nSPS) is 14.5. The quantitative estimate of drug-likeness (QED) is 0.101. The first kappa shape index (κ1) is 46.0. The zero-order valence-corrected chi connectivity index (χ0v) is 39.7. The number of ether oxygens (including phenoxy) is 3. The van der Waals surface area contributed by atoms with Gasteiger partial charge in [-0.1, -0.05) is 38.8 Å². The maximum absolute atomic E-state index is 12.5. The maximum Gasteiger partial charge on any atom is 0.410 e. The van der Waals surface area contributed by atoms with Gasteiger partial charge >= 0.3 is 6.09 Å². The van der Waals surface area contributed by atoms with Crippen molar-refractivity contribution in [3.05, 3.63) is 72.6 Å². The predicted molar refractivity (Wildman–Crippen MR) is 266 cm³/mol. The van der Waals surface area contributed by atoms with Crippen molar-refractivity contribution >= 4 is 72.7 Å². The number of amides is 1. The van der Waals surface area contributed by atoms with Crippen LogP contribution in [0.1, 0.15) is 65.9 Å². The Labute approximate surface area is 387 Å². The van der Waals surface area contributed by atoms with Crippen molar-refractivity contribution in [1.82, 2.24) is 39.7 Å². The minimum absolute atomic E-state index is 0.256. The van der Waals surface area contributed by atoms with Crippen LogP contribution in [0.15, 0.2) is 67.0 Å². The predicted octanol–water partition coefficient (Wildman–Crippen LogP) is 8.45. The second kappa shape index (κ2) is 20.3. The van der Waals surface area contributed by atoms with Gasteiger partial charge in [-0.2, -0.15) is 10.2 Å². The molecule has 16 nitrogen and oxygen atoms in total. The molecule has 0 unspecified atom stereocenters. The minimum Gasteiger partial charge on any atom is -0.497 e. The lowest BCUT2D eigenvalue weighted by molar-refractivity contribution is 0.0240. The Balaban J connectivity index is 0.000000208. The summed E-state index contributed by atoms with van der Waals surface area (Å²) in [5.41, 5.74) is 12.5. The molecule has 9 rings (SSSR count). The first-order valence-corrected chi connectivity index (χ1v) is 23.5. The number of aryl methyl sites for hydroxylation is 2. The summed E-state index contributed by atoms with van der Waals surface area (Å²) < 4.78 is 20.6. The van der Waals surface area contributed by atoms with Crippen LogP contribution in [0, 0.1) is 0 Å². The molecule has 16 heteroatoms. The van der Waals surface area contributed by atoms with Crippen molar-refractivity contribution in [2.75, 3.05) is 87.4 Å². The van der Waals surface area contributed by atoms with E-state index in [4.69, 9.17) is 30.0 Å². The molecule has 350 valence electrons. The highest BCUT2D eigenvalue weighted by molar-refractivity contribution is 6.09. The number of fused-ring (bicyclic) bond motifs is 6. The largest absolute Gasteiger partial charge is 0.497 e. The zero-order valence-electron chi connectivity index (χ0n) is 39.7. The van der Waals surface area contributed by atoms with Crippen LogP contribution in [0.3, 0.4) is 0 Å². The van der Waals surface area contributed by atoms with Crippen LogP contribution < -0.4 is 35.6 Å². The van der Waals surface area contributed by atoms with Gasteiger partial charge in [0.1, 0.15) is 28.1 Å². The summed E-state index contributed by atoms with van der Waals surface area (Å²) in [4.78, 5) is 28.7. The standard InChI is InChI=1S/C32H42N6O4.C18H24N6/c1-7-8-13-38-21-26-25-12-10-23(36-14-16-37(17-15-36)31(39)42-32(2,3)4)18-27(25)34-30(29(26)35-38)33-20-22-9-11-24(40-5)19-28(22)41-6;1-2-3-8-24-12-15-14-5-4-13(23-9-6-20-7-10-23)11-16(14)21-18(19)17(15)22-24/h9-12,18-19,21H,7-8,13-17,20H2,1-6H3,(H,33,34);4-5,11-12,20H,2-3,6-10H2,1H3,(H2,19,21). The molecule has 2 aliphatic rings. The first-order valence-electron chi connectivity index (χ1n) is 23.5. The number of nitrogen functional groups attached to an aromatic ring is 1. The number of methoxy groups -OCH3 is 2. The third-order valence-electron chi connectivity index (χ3n) is 12.2. The van der Waals surface area contributed by atoms with Gasteiger partial charge in [0.25, 0.3) is 0 Å². The molecule has 0 aliphatic carbocycles. The van der Waals surface area contributed by atoms with Gasteiger partial charge in [0.2, 0.25) is 0 Å². The number of hydrogen-bond donors (Lipinski definition) is 3. The highest BCUT2D eigenvalue weighted by Gasteiger charge is 2.26. The van der Waals surface area contributed by atoms with Crippen molar-refractivity contribution in [2.45, 2.75) is 85.5 Å². The van der Waals surface area contributed by atoms with Gasteiger partial charge in [-0.3, -0.25) is 9.36 Å². The molecule has 3 aromatic carbocycles. The second-order valence-corrected chi connectivity index (χ2v) is 18.1. The van der Waals surface area contributed by atoms with Crippen LogP contribution in [0.4, 0.5) is 27.8 Å². The third kappa shape index (κ3) is 10.4. The molecule has 2 saturated heterocycles. The molecule has 0 saturated carbocycles. The van der Waals surface area contributed by atoms with E-state index in [1.54, 1.807) is 19.1 Å². The van der Waals surface area contributed by atoms with Crippen LogP contribution in [0.2, 0.25) is 0 Å². The van der Waals surface area contributed by atoms with Crippen LogP contribution >= 0.6 is 0 Å². The van der Waals surface area contributed by atoms with Gasteiger partial charge in [-0.05, 0) is 70.0 Å². The monoisotopic (exact) mass is 899 g/mol. The molecule has 0 bridgehead atoms. The van der Waals surface area contributed by atoms with E-state index in [1.807, 2.05) is 48.3 Å². The fraction of sp³-hybridized carbons (Fsp3) is 0.460. The van der Waals surface area contributed by atoms with E-state index in [2.05, 4.69) is 93.2 Å². The number of carbonyl (C=O) groups is 1. The Hall–Kier alpha value is -6.55. The molecule has 2 fully saturated rings. The Morgan fingerprint density at radius 1 is 0.727 bits per heavy atom. The Morgan fingerprint density at radius 3 is 1.91 bits per heavy atom. The summed E-state index contributed by atoms with van der Waals surface area (Å²) in [5.74, 6) is 2.75. The number of nitrogens with zero attached hydrogens (tertiary/aromatic N) is 9. The lowest BCUT2D eigenvalue weighted by Crippen LogP contribution is -2.50. The van der Waals surface area contributed by atoms with Gasteiger partial charge in [-0.25, -0.2) is 14.8 Å². The van der Waals surface area contributed by atoms with E-state index >= 15 is 0 Å². The summed E-state index contributed by atoms with van der Waals surface area (Å²) in [5, 5.41) is 20.8. The summed E-state index contributed by atoms with van der Waals surface area (Å²) in [6.07, 6.45) is 8.41. The average molecular weight is 899 g/mol. The molecule has 6 heterocycles. The van der Waals surface area contributed by atoms with Gasteiger partial charge in [-0.15, -0.1) is 0 Å². The number of rotatable bonds is 13. The van der Waals surface area contributed by atoms with Crippen molar-refractivity contribution in [3.8, 4) is 11.5 Å². The molecule has 0 spiro atoms. The summed E-state index contributed by atoms with van der Waals surface area (Å²) in [6, 6.07) is 18.7. The van der Waals surface area contributed by atoms with Gasteiger partial charge in [0.05, 0.1) is 25.3 Å². The summed E-state index contributed by atoms with van der Waals surface area (Å²) in [6.45, 7) is 19.1. The van der Waals surface area contributed by atoms with E-state index in [0.717, 1.165) is 150 Å². The van der Waals surface area contributed by atoms with Crippen molar-refractivity contribution in [2.24, 2.45) is 0 Å². The van der Waals surface area contributed by atoms with Crippen molar-refractivity contribution in [1.29, 1.82) is 0 Å². The van der Waals surface area contributed by atoms with Crippen LogP contribution in [0.5, 0.6) is 11.5 Å². The van der Waals surface area contributed by atoms with E-state index in [0.29, 0.717) is 25.5 Å². The van der Waals surface area contributed by atoms with E-state index < -0.39 is 5.60 Å². The SMILES string of the molecule is CCCCn1cc2c(n1)c(N)nc1cc(N3CCNCC3)ccc12.CCCCn1cc2c(n1)c(NCc1ccc(OC)cc1OC)nc1cc(N3CCN(C(=O)OC(C)(C)C)CC3)ccc12. The van der Waals surface area contributed by atoms with E-state index in [-0.39, 0.29) is 6.09 Å². The number of benzene rings is 3. The fourth-order valence-corrected chi connectivity index (χ4v) is 8.60. The van der Waals surface area contributed by atoms with E-state index in [1.165, 1.54) is 5.69 Å². The zero-order chi connectivity index (χ0) is 46.4. The molecule has 2 aliphatic heterocycles. The van der Waals surface area contributed by atoms with Gasteiger partial charge in [0, 0.05) is 129 Å². The molecule has 7 aromatic rings. The lowest BCUT2D eigenvalue weighted by Gasteiger charge is -2.36.